The maximum atomic E-state index is 12.2. The second kappa shape index (κ2) is 6.44. The quantitative estimate of drug-likeness (QED) is 0.872. The first-order valence-electron chi connectivity index (χ1n) is 6.94. The van der Waals surface area contributed by atoms with E-state index in [1.165, 1.54) is 6.42 Å². The zero-order chi connectivity index (χ0) is 13.8. The van der Waals surface area contributed by atoms with Crippen LogP contribution in [-0.2, 0) is 0 Å². The standard InChI is InChI=1S/C14H22ClN3O/c1-10(2)18-9-12(15)7-13(18)14(19)17-6-4-11-3-5-16-8-11/h7,9-11,16H,3-6,8H2,1-2H3,(H,17,19). The number of carbonyl (C=O) groups is 1. The molecule has 1 fully saturated rings. The maximum absolute atomic E-state index is 12.2. The number of halogens is 1. The Hall–Kier alpha value is -1.00. The second-order valence-electron chi connectivity index (χ2n) is 5.45. The van der Waals surface area contributed by atoms with Crippen LogP contribution in [0.4, 0.5) is 0 Å². The van der Waals surface area contributed by atoms with E-state index in [-0.39, 0.29) is 11.9 Å². The lowest BCUT2D eigenvalue weighted by atomic mass is 10.1. The van der Waals surface area contributed by atoms with Crippen LogP contribution < -0.4 is 10.6 Å². The molecule has 106 valence electrons. The molecule has 0 aromatic carbocycles. The van der Waals surface area contributed by atoms with Crippen LogP contribution in [0.25, 0.3) is 0 Å². The van der Waals surface area contributed by atoms with Crippen molar-refractivity contribution in [2.75, 3.05) is 19.6 Å². The van der Waals surface area contributed by atoms with Gasteiger partial charge in [0, 0.05) is 18.8 Å². The molecule has 1 atom stereocenters. The lowest BCUT2D eigenvalue weighted by Gasteiger charge is -2.13. The molecule has 1 amide bonds. The molecule has 4 nitrogen and oxygen atoms in total. The van der Waals surface area contributed by atoms with E-state index < -0.39 is 0 Å². The molecule has 5 heteroatoms. The molecule has 1 aliphatic rings. The summed E-state index contributed by atoms with van der Waals surface area (Å²) in [5.41, 5.74) is 0.643. The smallest absolute Gasteiger partial charge is 0.267 e. The molecule has 0 aliphatic carbocycles. The van der Waals surface area contributed by atoms with Crippen molar-refractivity contribution in [1.29, 1.82) is 0 Å². The summed E-state index contributed by atoms with van der Waals surface area (Å²) in [5.74, 6) is 0.660. The average Bonchev–Trinajstić information content (AvgIpc) is 2.98. The summed E-state index contributed by atoms with van der Waals surface area (Å²) in [4.78, 5) is 12.2. The van der Waals surface area contributed by atoms with Crippen molar-refractivity contribution in [3.05, 3.63) is 23.0 Å². The minimum absolute atomic E-state index is 0.0356. The molecule has 2 N–H and O–H groups in total. The van der Waals surface area contributed by atoms with Gasteiger partial charge in [-0.2, -0.15) is 0 Å². The van der Waals surface area contributed by atoms with Crippen LogP contribution in [0.15, 0.2) is 12.3 Å². The zero-order valence-electron chi connectivity index (χ0n) is 11.6. The van der Waals surface area contributed by atoms with Gasteiger partial charge in [-0.3, -0.25) is 4.79 Å². The van der Waals surface area contributed by atoms with Gasteiger partial charge in [-0.05, 0) is 51.8 Å². The number of nitrogens with one attached hydrogen (secondary N) is 2. The fourth-order valence-electron chi connectivity index (χ4n) is 2.50. The van der Waals surface area contributed by atoms with Crippen molar-refractivity contribution in [3.63, 3.8) is 0 Å². The number of aromatic nitrogens is 1. The van der Waals surface area contributed by atoms with Crippen molar-refractivity contribution >= 4 is 17.5 Å². The molecule has 1 saturated heterocycles. The summed E-state index contributed by atoms with van der Waals surface area (Å²) in [5, 5.41) is 6.93. The molecule has 2 rings (SSSR count). The van der Waals surface area contributed by atoms with Crippen LogP contribution in [0.1, 0.15) is 43.2 Å². The van der Waals surface area contributed by atoms with E-state index in [0.717, 1.165) is 26.1 Å². The molecule has 0 saturated carbocycles. The SMILES string of the molecule is CC(C)n1cc(Cl)cc1C(=O)NCCC1CCNC1. The fourth-order valence-corrected chi connectivity index (χ4v) is 2.70. The summed E-state index contributed by atoms with van der Waals surface area (Å²) in [7, 11) is 0. The second-order valence-corrected chi connectivity index (χ2v) is 5.88. The van der Waals surface area contributed by atoms with E-state index >= 15 is 0 Å². The average molecular weight is 284 g/mol. The van der Waals surface area contributed by atoms with Crippen LogP contribution in [-0.4, -0.2) is 30.1 Å². The van der Waals surface area contributed by atoms with Crippen LogP contribution >= 0.6 is 11.6 Å². The van der Waals surface area contributed by atoms with Gasteiger partial charge in [0.2, 0.25) is 0 Å². The Morgan fingerprint density at radius 1 is 1.63 bits per heavy atom. The number of hydrogen-bond donors (Lipinski definition) is 2. The monoisotopic (exact) mass is 283 g/mol. The lowest BCUT2D eigenvalue weighted by Crippen LogP contribution is -2.28. The van der Waals surface area contributed by atoms with Crippen molar-refractivity contribution in [1.82, 2.24) is 15.2 Å². The van der Waals surface area contributed by atoms with Gasteiger partial charge in [0.1, 0.15) is 5.69 Å². The van der Waals surface area contributed by atoms with Gasteiger partial charge in [-0.15, -0.1) is 0 Å². The molecule has 1 aliphatic heterocycles. The highest BCUT2D eigenvalue weighted by Gasteiger charge is 2.17. The first-order valence-corrected chi connectivity index (χ1v) is 7.32. The number of rotatable bonds is 5. The summed E-state index contributed by atoms with van der Waals surface area (Å²) >= 11 is 5.98. The normalized spacial score (nSPS) is 19.1. The van der Waals surface area contributed by atoms with Gasteiger partial charge in [-0.1, -0.05) is 11.6 Å². The number of nitrogens with zero attached hydrogens (tertiary/aromatic N) is 1. The van der Waals surface area contributed by atoms with Gasteiger partial charge >= 0.3 is 0 Å². The predicted molar refractivity (Wildman–Crippen MR) is 77.8 cm³/mol. The van der Waals surface area contributed by atoms with Crippen molar-refractivity contribution in [2.24, 2.45) is 5.92 Å². The fraction of sp³-hybridized carbons (Fsp3) is 0.643. The van der Waals surface area contributed by atoms with E-state index in [4.69, 9.17) is 11.6 Å². The van der Waals surface area contributed by atoms with E-state index in [2.05, 4.69) is 10.6 Å². The summed E-state index contributed by atoms with van der Waals surface area (Å²) < 4.78 is 1.91. The third-order valence-corrected chi connectivity index (χ3v) is 3.81. The molecular weight excluding hydrogens is 262 g/mol. The Kier molecular flexibility index (Phi) is 4.88. The molecule has 1 aromatic rings. The molecule has 0 radical (unpaired) electrons. The third-order valence-electron chi connectivity index (χ3n) is 3.60. The summed E-state index contributed by atoms with van der Waals surface area (Å²) in [6.07, 6.45) is 4.06. The van der Waals surface area contributed by atoms with Crippen LogP contribution in [0.3, 0.4) is 0 Å². The highest BCUT2D eigenvalue weighted by Crippen LogP contribution is 2.19. The van der Waals surface area contributed by atoms with E-state index in [1.807, 2.05) is 24.6 Å². The largest absolute Gasteiger partial charge is 0.351 e. The number of amides is 1. The molecular formula is C14H22ClN3O. The number of carbonyl (C=O) groups excluding carboxylic acids is 1. The highest BCUT2D eigenvalue weighted by molar-refractivity contribution is 6.31. The van der Waals surface area contributed by atoms with Crippen molar-refractivity contribution in [2.45, 2.75) is 32.7 Å². The van der Waals surface area contributed by atoms with E-state index in [9.17, 15) is 4.79 Å². The Labute approximate surface area is 119 Å². The molecule has 0 bridgehead atoms. The van der Waals surface area contributed by atoms with E-state index in [0.29, 0.717) is 16.6 Å². The minimum atomic E-state index is -0.0356. The first-order chi connectivity index (χ1) is 9.08. The van der Waals surface area contributed by atoms with Gasteiger partial charge in [0.15, 0.2) is 0 Å². The Morgan fingerprint density at radius 3 is 3.05 bits per heavy atom. The zero-order valence-corrected chi connectivity index (χ0v) is 12.3. The Balaban J connectivity index is 1.88. The highest BCUT2D eigenvalue weighted by atomic mass is 35.5. The number of hydrogen-bond acceptors (Lipinski definition) is 2. The molecule has 2 heterocycles. The van der Waals surface area contributed by atoms with Crippen LogP contribution in [0.5, 0.6) is 0 Å². The van der Waals surface area contributed by atoms with Gasteiger partial charge in [-0.25, -0.2) is 0 Å². The maximum Gasteiger partial charge on any atom is 0.267 e. The van der Waals surface area contributed by atoms with E-state index in [1.54, 1.807) is 6.07 Å². The molecule has 1 aromatic heterocycles. The van der Waals surface area contributed by atoms with Crippen molar-refractivity contribution < 1.29 is 4.79 Å². The van der Waals surface area contributed by atoms with Gasteiger partial charge < -0.3 is 15.2 Å². The molecule has 1 unspecified atom stereocenters. The van der Waals surface area contributed by atoms with Crippen LogP contribution in [0.2, 0.25) is 5.02 Å². The molecule has 0 spiro atoms. The Morgan fingerprint density at radius 2 is 2.42 bits per heavy atom. The predicted octanol–water partition coefficient (Wildman–Crippen LogP) is 2.45. The third kappa shape index (κ3) is 3.74. The summed E-state index contributed by atoms with van der Waals surface area (Å²) in [6.45, 7) is 6.98. The summed E-state index contributed by atoms with van der Waals surface area (Å²) in [6, 6.07) is 1.96. The topological polar surface area (TPSA) is 46.1 Å². The van der Waals surface area contributed by atoms with Crippen LogP contribution in [0, 0.1) is 5.92 Å². The lowest BCUT2D eigenvalue weighted by molar-refractivity contribution is 0.0941. The molecule has 19 heavy (non-hydrogen) atoms. The minimum Gasteiger partial charge on any atom is -0.351 e. The van der Waals surface area contributed by atoms with Crippen molar-refractivity contribution in [3.8, 4) is 0 Å². The Bertz CT molecular complexity index is 436. The van der Waals surface area contributed by atoms with Gasteiger partial charge in [0.05, 0.1) is 5.02 Å². The first kappa shape index (κ1) is 14.4. The van der Waals surface area contributed by atoms with Gasteiger partial charge in [0.25, 0.3) is 5.91 Å².